The molecule has 3 rings (SSSR count). The van der Waals surface area contributed by atoms with Gasteiger partial charge in [-0.1, -0.05) is 13.8 Å². The van der Waals surface area contributed by atoms with E-state index in [0.717, 1.165) is 6.07 Å². The third-order valence-corrected chi connectivity index (χ3v) is 5.03. The molecule has 0 bridgehead atoms. The number of aromatic nitrogens is 3. The molecule has 0 saturated heterocycles. The lowest BCUT2D eigenvalue weighted by Gasteiger charge is -2.31. The zero-order valence-electron chi connectivity index (χ0n) is 18.2. The molecular weight excluding hydrogens is 425 g/mol. The quantitative estimate of drug-likeness (QED) is 0.523. The van der Waals surface area contributed by atoms with Crippen molar-refractivity contribution in [1.82, 2.24) is 19.9 Å². The minimum Gasteiger partial charge on any atom is -0.491 e. The number of hydrogen-bond donors (Lipinski definition) is 2. The molecule has 0 aliphatic carbocycles. The number of rotatable bonds is 7. The van der Waals surface area contributed by atoms with Crippen LogP contribution in [0.5, 0.6) is 5.75 Å². The Morgan fingerprint density at radius 2 is 1.97 bits per heavy atom. The minimum atomic E-state index is -4.68. The van der Waals surface area contributed by atoms with E-state index >= 15 is 0 Å². The summed E-state index contributed by atoms with van der Waals surface area (Å²) < 4.78 is 48.9. The number of carbonyl (C=O) groups is 1. The van der Waals surface area contributed by atoms with E-state index in [4.69, 9.17) is 9.84 Å². The number of fused-ring (bicyclic) bond motifs is 1. The molecular formula is C22H25F3N4O3. The van der Waals surface area contributed by atoms with Gasteiger partial charge in [0.1, 0.15) is 24.3 Å². The second kappa shape index (κ2) is 8.68. The van der Waals surface area contributed by atoms with E-state index in [2.05, 4.69) is 15.3 Å². The fourth-order valence-electron chi connectivity index (χ4n) is 3.87. The predicted molar refractivity (Wildman–Crippen MR) is 113 cm³/mol. The van der Waals surface area contributed by atoms with E-state index < -0.39 is 23.4 Å². The first kappa shape index (κ1) is 23.4. The lowest BCUT2D eigenvalue weighted by atomic mass is 9.91. The molecule has 10 heteroatoms. The summed E-state index contributed by atoms with van der Waals surface area (Å²) in [7, 11) is 1.79. The van der Waals surface area contributed by atoms with Crippen molar-refractivity contribution in [1.29, 1.82) is 0 Å². The Morgan fingerprint density at radius 1 is 1.25 bits per heavy atom. The highest BCUT2D eigenvalue weighted by molar-refractivity contribution is 5.91. The fraction of sp³-hybridized carbons (Fsp3) is 0.409. The van der Waals surface area contributed by atoms with Gasteiger partial charge in [-0.3, -0.25) is 0 Å². The SMILES string of the molecule is CC(C)CC(C)(COc1ccc(-c2ncnc3c2ccn3C)cc1C(F)(F)F)NC(=O)O. The van der Waals surface area contributed by atoms with Gasteiger partial charge in [0.2, 0.25) is 0 Å². The third kappa shape index (κ3) is 5.12. The molecule has 3 aromatic rings. The normalized spacial score (nSPS) is 13.9. The lowest BCUT2D eigenvalue weighted by molar-refractivity contribution is -0.139. The number of aryl methyl sites for hydroxylation is 1. The van der Waals surface area contributed by atoms with Crippen LogP contribution in [0.1, 0.15) is 32.8 Å². The van der Waals surface area contributed by atoms with Crippen LogP contribution in [0.4, 0.5) is 18.0 Å². The molecule has 0 fully saturated rings. The van der Waals surface area contributed by atoms with Crippen molar-refractivity contribution in [3.8, 4) is 17.0 Å². The van der Waals surface area contributed by atoms with Gasteiger partial charge in [0.25, 0.3) is 0 Å². The molecule has 2 N–H and O–H groups in total. The predicted octanol–water partition coefficient (Wildman–Crippen LogP) is 5.11. The monoisotopic (exact) mass is 450 g/mol. The summed E-state index contributed by atoms with van der Waals surface area (Å²) in [6, 6.07) is 5.49. The summed E-state index contributed by atoms with van der Waals surface area (Å²) in [6.07, 6.45) is -2.48. The summed E-state index contributed by atoms with van der Waals surface area (Å²) >= 11 is 0. The molecule has 0 radical (unpaired) electrons. The highest BCUT2D eigenvalue weighted by atomic mass is 19.4. The van der Waals surface area contributed by atoms with Gasteiger partial charge in [0.05, 0.1) is 16.8 Å². The number of alkyl halides is 3. The van der Waals surface area contributed by atoms with Crippen LogP contribution < -0.4 is 10.1 Å². The molecule has 0 saturated carbocycles. The van der Waals surface area contributed by atoms with Gasteiger partial charge in [-0.15, -0.1) is 0 Å². The Balaban J connectivity index is 1.98. The number of carboxylic acid groups (broad SMARTS) is 1. The molecule has 32 heavy (non-hydrogen) atoms. The van der Waals surface area contributed by atoms with Crippen LogP contribution in [0.3, 0.4) is 0 Å². The van der Waals surface area contributed by atoms with E-state index in [-0.39, 0.29) is 23.8 Å². The van der Waals surface area contributed by atoms with Crippen molar-refractivity contribution in [3.05, 3.63) is 42.4 Å². The Morgan fingerprint density at radius 3 is 2.59 bits per heavy atom. The molecule has 0 spiro atoms. The second-order valence-corrected chi connectivity index (χ2v) is 8.47. The van der Waals surface area contributed by atoms with Crippen molar-refractivity contribution in [2.75, 3.05) is 6.61 Å². The van der Waals surface area contributed by atoms with E-state index in [1.54, 1.807) is 30.8 Å². The summed E-state index contributed by atoms with van der Waals surface area (Å²) in [5, 5.41) is 12.1. The molecule has 0 aliphatic heterocycles. The highest BCUT2D eigenvalue weighted by Crippen LogP contribution is 2.40. The number of ether oxygens (including phenoxy) is 1. The molecule has 1 amide bonds. The van der Waals surface area contributed by atoms with E-state index in [9.17, 15) is 18.0 Å². The molecule has 1 atom stereocenters. The van der Waals surface area contributed by atoms with Gasteiger partial charge in [-0.05, 0) is 43.5 Å². The Hall–Kier alpha value is -3.30. The van der Waals surface area contributed by atoms with Crippen molar-refractivity contribution in [3.63, 3.8) is 0 Å². The van der Waals surface area contributed by atoms with Crippen LogP contribution in [0.2, 0.25) is 0 Å². The molecule has 2 heterocycles. The Bertz CT molecular complexity index is 1130. The average molecular weight is 450 g/mol. The number of benzene rings is 1. The Labute approximate surface area is 183 Å². The maximum absolute atomic E-state index is 13.9. The van der Waals surface area contributed by atoms with Crippen LogP contribution in [-0.2, 0) is 13.2 Å². The van der Waals surface area contributed by atoms with E-state index in [1.807, 2.05) is 13.8 Å². The van der Waals surface area contributed by atoms with Crippen LogP contribution in [0.15, 0.2) is 36.8 Å². The first-order chi connectivity index (χ1) is 14.9. The van der Waals surface area contributed by atoms with Crippen LogP contribution in [0.25, 0.3) is 22.3 Å². The zero-order valence-corrected chi connectivity index (χ0v) is 18.2. The smallest absolute Gasteiger partial charge is 0.419 e. The summed E-state index contributed by atoms with van der Waals surface area (Å²) in [4.78, 5) is 19.5. The Kier molecular flexibility index (Phi) is 6.34. The summed E-state index contributed by atoms with van der Waals surface area (Å²) in [5.41, 5.74) is -0.751. The summed E-state index contributed by atoms with van der Waals surface area (Å²) in [5.74, 6) is -0.271. The van der Waals surface area contributed by atoms with Gasteiger partial charge >= 0.3 is 12.3 Å². The molecule has 0 aliphatic rings. The van der Waals surface area contributed by atoms with E-state index in [0.29, 0.717) is 23.1 Å². The van der Waals surface area contributed by atoms with Gasteiger partial charge in [0, 0.05) is 24.2 Å². The number of nitrogens with one attached hydrogen (secondary N) is 1. The minimum absolute atomic E-state index is 0.103. The standard InChI is InChI=1S/C22H25F3N4O3/c1-13(2)10-21(3,28-20(30)31)11-32-17-6-5-14(9-16(17)22(23,24)25)18-15-7-8-29(4)19(15)27-12-26-18/h5-9,12-13,28H,10-11H2,1-4H3,(H,30,31). The number of amides is 1. The van der Waals surface area contributed by atoms with Gasteiger partial charge in [-0.2, -0.15) is 13.2 Å². The molecule has 172 valence electrons. The largest absolute Gasteiger partial charge is 0.491 e. The van der Waals surface area contributed by atoms with Crippen molar-refractivity contribution >= 4 is 17.1 Å². The average Bonchev–Trinajstić information content (AvgIpc) is 3.05. The fourth-order valence-corrected chi connectivity index (χ4v) is 3.87. The molecule has 7 nitrogen and oxygen atoms in total. The van der Waals surface area contributed by atoms with Crippen LogP contribution >= 0.6 is 0 Å². The molecule has 1 unspecified atom stereocenters. The molecule has 1 aromatic carbocycles. The van der Waals surface area contributed by atoms with E-state index in [1.165, 1.54) is 18.5 Å². The number of halogens is 3. The van der Waals surface area contributed by atoms with Gasteiger partial charge in [0.15, 0.2) is 0 Å². The first-order valence-corrected chi connectivity index (χ1v) is 10.0. The lowest BCUT2D eigenvalue weighted by Crippen LogP contribution is -2.50. The molecule has 2 aromatic heterocycles. The maximum atomic E-state index is 13.9. The van der Waals surface area contributed by atoms with Crippen molar-refractivity contribution in [2.45, 2.75) is 38.9 Å². The van der Waals surface area contributed by atoms with Crippen molar-refractivity contribution in [2.24, 2.45) is 13.0 Å². The first-order valence-electron chi connectivity index (χ1n) is 10.0. The topological polar surface area (TPSA) is 89.3 Å². The second-order valence-electron chi connectivity index (χ2n) is 8.47. The number of hydrogen-bond acceptors (Lipinski definition) is 4. The zero-order chi connectivity index (χ0) is 23.7. The summed E-state index contributed by atoms with van der Waals surface area (Å²) in [6.45, 7) is 5.14. The van der Waals surface area contributed by atoms with Gasteiger partial charge < -0.3 is 19.7 Å². The van der Waals surface area contributed by atoms with Gasteiger partial charge in [-0.25, -0.2) is 14.8 Å². The van der Waals surface area contributed by atoms with Crippen LogP contribution in [0, 0.1) is 5.92 Å². The maximum Gasteiger partial charge on any atom is 0.419 e. The number of nitrogens with zero attached hydrogens (tertiary/aromatic N) is 3. The highest BCUT2D eigenvalue weighted by Gasteiger charge is 2.36. The third-order valence-electron chi connectivity index (χ3n) is 5.03. The van der Waals surface area contributed by atoms with Crippen LogP contribution in [-0.4, -0.2) is 37.9 Å². The van der Waals surface area contributed by atoms with Crippen molar-refractivity contribution < 1.29 is 27.8 Å².